The number of amides is 6. The number of fused-ring (bicyclic) bond motifs is 1. The van der Waals surface area contributed by atoms with Crippen LogP contribution in [0, 0.1) is 5.82 Å². The van der Waals surface area contributed by atoms with Crippen molar-refractivity contribution in [2.24, 2.45) is 5.73 Å². The number of halogens is 2. The van der Waals surface area contributed by atoms with Gasteiger partial charge in [-0.2, -0.15) is 4.98 Å². The van der Waals surface area contributed by atoms with Crippen LogP contribution in [-0.2, 0) is 33.9 Å². The van der Waals surface area contributed by atoms with Gasteiger partial charge in [0.05, 0.1) is 59.0 Å². The van der Waals surface area contributed by atoms with Gasteiger partial charge in [0, 0.05) is 44.7 Å². The Morgan fingerprint density at radius 1 is 0.967 bits per heavy atom. The summed E-state index contributed by atoms with van der Waals surface area (Å²) < 4.78 is 58.7. The highest BCUT2D eigenvalue weighted by molar-refractivity contribution is 9.10. The minimum atomic E-state index is -3.66. The molecule has 0 saturated carbocycles. The molecule has 2 aromatic carbocycles. The van der Waals surface area contributed by atoms with Crippen molar-refractivity contribution in [3.8, 4) is 5.75 Å². The van der Waals surface area contributed by atoms with Gasteiger partial charge < -0.3 is 35.9 Å². The summed E-state index contributed by atoms with van der Waals surface area (Å²) in [7, 11) is -3.66. The van der Waals surface area contributed by atoms with Crippen molar-refractivity contribution >= 4 is 78.8 Å². The number of sulfonamides is 1. The zero-order valence-electron chi connectivity index (χ0n) is 32.6. The molecular weight excluding hydrogens is 889 g/mol. The first-order valence-corrected chi connectivity index (χ1v) is 21.7. The second-order valence-corrected chi connectivity index (χ2v) is 16.9. The first-order valence-electron chi connectivity index (χ1n) is 19.2. The lowest BCUT2D eigenvalue weighted by atomic mass is 10.0. The van der Waals surface area contributed by atoms with Crippen LogP contribution in [0.15, 0.2) is 47.1 Å². The van der Waals surface area contributed by atoms with Gasteiger partial charge in [0.2, 0.25) is 33.7 Å². The molecule has 6 amide bonds. The average molecular weight is 933 g/mol. The quantitative estimate of drug-likeness (QED) is 0.0793. The van der Waals surface area contributed by atoms with Gasteiger partial charge in [0.15, 0.2) is 0 Å². The summed E-state index contributed by atoms with van der Waals surface area (Å²) in [5, 5.41) is 10.9. The lowest BCUT2D eigenvalue weighted by Gasteiger charge is -2.31. The minimum absolute atomic E-state index is 0.00579. The van der Waals surface area contributed by atoms with Gasteiger partial charge in [-0.1, -0.05) is 12.1 Å². The van der Waals surface area contributed by atoms with Crippen molar-refractivity contribution in [3.05, 3.63) is 69.6 Å². The van der Waals surface area contributed by atoms with E-state index in [2.05, 4.69) is 47.2 Å². The number of nitrogens with zero attached hydrogens (tertiary/aromatic N) is 4. The van der Waals surface area contributed by atoms with Crippen LogP contribution in [0.3, 0.4) is 0 Å². The Morgan fingerprint density at radius 2 is 1.69 bits per heavy atom. The number of carbonyl (C=O) groups is 6. The van der Waals surface area contributed by atoms with Crippen LogP contribution >= 0.6 is 15.9 Å². The highest BCUT2D eigenvalue weighted by Crippen LogP contribution is 2.34. The Balaban J connectivity index is 0.825. The van der Waals surface area contributed by atoms with Crippen LogP contribution in [0.5, 0.6) is 5.75 Å². The van der Waals surface area contributed by atoms with E-state index in [9.17, 15) is 41.6 Å². The number of anilines is 3. The lowest BCUT2D eigenvalue weighted by Crippen LogP contribution is -2.54. The summed E-state index contributed by atoms with van der Waals surface area (Å²) in [5.41, 5.74) is 5.31. The predicted octanol–water partition coefficient (Wildman–Crippen LogP) is 1.45. The van der Waals surface area contributed by atoms with E-state index in [1.54, 1.807) is 6.07 Å². The minimum Gasteiger partial charge on any atom is -0.490 e. The predicted molar refractivity (Wildman–Crippen MR) is 218 cm³/mol. The number of ether oxygens (including phenoxy) is 3. The highest BCUT2D eigenvalue weighted by Gasteiger charge is 2.46. The van der Waals surface area contributed by atoms with E-state index in [4.69, 9.17) is 19.9 Å². The van der Waals surface area contributed by atoms with Crippen molar-refractivity contribution in [1.82, 2.24) is 29.8 Å². The third-order valence-corrected chi connectivity index (χ3v) is 12.3. The standard InChI is InChI=1S/C38H43BrFN9O11S/c39-24-21-43-38(47-34(24)45-26-5-2-4-25(40)32(26)33(41)52)44-22-9-13-48(14-10-22)61(56,57)20-12-42-29(50)11-15-58-16-17-59-18-19-60-28-6-1-3-23-31(28)37(55)49(36(23)54)27-7-8-30(51)46-35(27)53/h1-6,21-22,27H,7-20H2,(H2,41,52)(H,42,50)(H,46,51,53)(H2,43,44,45,47). The molecule has 0 radical (unpaired) electrons. The molecule has 6 rings (SSSR count). The van der Waals surface area contributed by atoms with Crippen molar-refractivity contribution in [2.45, 2.75) is 44.2 Å². The molecule has 0 bridgehead atoms. The molecule has 2 fully saturated rings. The number of primary amides is 1. The smallest absolute Gasteiger partial charge is 0.266 e. The molecule has 23 heteroatoms. The van der Waals surface area contributed by atoms with E-state index in [1.807, 2.05) is 0 Å². The van der Waals surface area contributed by atoms with Gasteiger partial charge in [-0.05, 0) is 59.5 Å². The van der Waals surface area contributed by atoms with E-state index in [1.165, 1.54) is 34.8 Å². The Morgan fingerprint density at radius 3 is 2.43 bits per heavy atom. The second kappa shape index (κ2) is 20.3. The topological polar surface area (TPSA) is 271 Å². The molecule has 3 aromatic rings. The average Bonchev–Trinajstić information content (AvgIpc) is 3.47. The van der Waals surface area contributed by atoms with Crippen LogP contribution in [0.1, 0.15) is 63.2 Å². The number of hydrogen-bond acceptors (Lipinski definition) is 15. The molecule has 0 spiro atoms. The zero-order valence-corrected chi connectivity index (χ0v) is 35.0. The summed E-state index contributed by atoms with van der Waals surface area (Å²) in [6.07, 6.45) is 2.46. The number of imide groups is 2. The molecule has 6 N–H and O–H groups in total. The number of aromatic nitrogens is 2. The van der Waals surface area contributed by atoms with Crippen molar-refractivity contribution in [3.63, 3.8) is 0 Å². The Hall–Kier alpha value is -5.62. The van der Waals surface area contributed by atoms with Gasteiger partial charge in [0.1, 0.15) is 30.0 Å². The Kier molecular flexibility index (Phi) is 14.9. The SMILES string of the molecule is NC(=O)c1c(F)cccc1Nc1nc(NC2CCN(S(=O)(=O)CCNC(=O)CCOCCOCCOc3cccc4c3C(=O)N(C3CCC(=O)NC3=O)C4=O)CC2)ncc1Br. The largest absolute Gasteiger partial charge is 0.490 e. The number of carbonyl (C=O) groups excluding carboxylic acids is 6. The van der Waals surface area contributed by atoms with Crippen LogP contribution in [0.2, 0.25) is 0 Å². The number of nitrogens with one attached hydrogen (secondary N) is 4. The zero-order chi connectivity index (χ0) is 43.7. The summed E-state index contributed by atoms with van der Waals surface area (Å²) in [4.78, 5) is 83.7. The van der Waals surface area contributed by atoms with Crippen LogP contribution in [0.4, 0.5) is 21.8 Å². The molecule has 1 atom stereocenters. The van der Waals surface area contributed by atoms with E-state index in [0.717, 1.165) is 11.0 Å². The van der Waals surface area contributed by atoms with Gasteiger partial charge in [0.25, 0.3) is 17.7 Å². The summed E-state index contributed by atoms with van der Waals surface area (Å²) in [5.74, 6) is -4.20. The van der Waals surface area contributed by atoms with E-state index in [-0.39, 0.29) is 130 Å². The van der Waals surface area contributed by atoms with Crippen LogP contribution in [0.25, 0.3) is 0 Å². The Bertz CT molecular complexity index is 2300. The summed E-state index contributed by atoms with van der Waals surface area (Å²) in [6, 6.07) is 7.36. The number of benzene rings is 2. The summed E-state index contributed by atoms with van der Waals surface area (Å²) in [6.45, 7) is 0.979. The van der Waals surface area contributed by atoms with Crippen LogP contribution < -0.4 is 31.7 Å². The number of rotatable bonds is 20. The van der Waals surface area contributed by atoms with Gasteiger partial charge in [-0.25, -0.2) is 22.1 Å². The van der Waals surface area contributed by atoms with E-state index in [0.29, 0.717) is 17.3 Å². The first-order chi connectivity index (χ1) is 29.2. The maximum absolute atomic E-state index is 14.2. The number of hydrogen-bond donors (Lipinski definition) is 5. The van der Waals surface area contributed by atoms with Crippen molar-refractivity contribution in [2.75, 3.05) is 69.1 Å². The molecule has 2 saturated heterocycles. The van der Waals surface area contributed by atoms with Crippen LogP contribution in [-0.4, -0.2) is 134 Å². The molecule has 3 aliphatic rings. The molecule has 0 aliphatic carbocycles. The third-order valence-electron chi connectivity index (χ3n) is 9.88. The van der Waals surface area contributed by atoms with E-state index >= 15 is 0 Å². The monoisotopic (exact) mass is 931 g/mol. The molecule has 326 valence electrons. The molecule has 61 heavy (non-hydrogen) atoms. The fourth-order valence-electron chi connectivity index (χ4n) is 6.83. The molecule has 3 aliphatic heterocycles. The molecule has 1 aromatic heterocycles. The fraction of sp³-hybridized carbons (Fsp3) is 0.421. The van der Waals surface area contributed by atoms with Gasteiger partial charge in [-0.15, -0.1) is 0 Å². The number of nitrogens with two attached hydrogens (primary N) is 1. The maximum atomic E-state index is 14.2. The molecule has 4 heterocycles. The Labute approximate surface area is 357 Å². The normalized spacial score (nSPS) is 17.2. The summed E-state index contributed by atoms with van der Waals surface area (Å²) >= 11 is 3.34. The van der Waals surface area contributed by atoms with Gasteiger partial charge in [-0.3, -0.25) is 39.0 Å². The van der Waals surface area contributed by atoms with Crippen molar-refractivity contribution in [1.29, 1.82) is 0 Å². The first kappa shape index (κ1) is 44.9. The van der Waals surface area contributed by atoms with Crippen molar-refractivity contribution < 1.29 is 55.8 Å². The van der Waals surface area contributed by atoms with E-state index < -0.39 is 51.4 Å². The maximum Gasteiger partial charge on any atom is 0.266 e. The molecule has 20 nitrogen and oxygen atoms in total. The lowest BCUT2D eigenvalue weighted by molar-refractivity contribution is -0.136. The third kappa shape index (κ3) is 11.2. The van der Waals surface area contributed by atoms with Gasteiger partial charge >= 0.3 is 0 Å². The fourth-order valence-corrected chi connectivity index (χ4v) is 8.51. The number of piperidine rings is 2. The highest BCUT2D eigenvalue weighted by atomic mass is 79.9. The molecular formula is C38H43BrFN9O11S. The second-order valence-electron chi connectivity index (χ2n) is 14.0. The molecule has 1 unspecified atom stereocenters.